The Morgan fingerprint density at radius 1 is 0.973 bits per heavy atom. The molecule has 2 atom stereocenters. The van der Waals surface area contributed by atoms with E-state index in [0.29, 0.717) is 36.5 Å². The number of para-hydroxylation sites is 1. The average Bonchev–Trinajstić information content (AvgIpc) is 3.28. The first-order chi connectivity index (χ1) is 17.9. The van der Waals surface area contributed by atoms with Crippen LogP contribution in [0.25, 0.3) is 10.9 Å². The molecule has 0 spiro atoms. The number of hydrogen-bond donors (Lipinski definition) is 2. The van der Waals surface area contributed by atoms with Gasteiger partial charge in [-0.15, -0.1) is 0 Å². The number of aromatic nitrogens is 4. The maximum Gasteiger partial charge on any atom is 0.249 e. The molecule has 0 amide bonds. The fourth-order valence-corrected chi connectivity index (χ4v) is 7.21. The Morgan fingerprint density at radius 3 is 2.49 bits per heavy atom. The molecular weight excluding hydrogens is 500 g/mol. The van der Waals surface area contributed by atoms with E-state index < -0.39 is 32.6 Å². The summed E-state index contributed by atoms with van der Waals surface area (Å²) in [4.78, 5) is 10.6. The maximum absolute atomic E-state index is 14.3. The van der Waals surface area contributed by atoms with E-state index in [1.165, 1.54) is 4.31 Å². The topological polar surface area (TPSA) is 107 Å². The monoisotopic (exact) mass is 523 g/mol. The number of H-pyrrole nitrogens is 1. The molecule has 4 aromatic rings. The Labute approximate surface area is 211 Å². The molecule has 9 nitrogen and oxygen atoms in total. The molecule has 190 valence electrons. The second-order valence-corrected chi connectivity index (χ2v) is 11.6. The van der Waals surface area contributed by atoms with Crippen LogP contribution in [0.5, 0.6) is 0 Å². The fraction of sp³-hybridized carbons (Fsp3) is 0.320. The number of benzene rings is 2. The second kappa shape index (κ2) is 8.18. The smallest absolute Gasteiger partial charge is 0.249 e. The van der Waals surface area contributed by atoms with Gasteiger partial charge in [-0.1, -0.05) is 18.2 Å². The van der Waals surface area contributed by atoms with Gasteiger partial charge in [0.15, 0.2) is 10.7 Å². The van der Waals surface area contributed by atoms with E-state index in [0.717, 1.165) is 47.6 Å². The van der Waals surface area contributed by atoms with Gasteiger partial charge in [-0.2, -0.15) is 14.4 Å². The van der Waals surface area contributed by atoms with Crippen molar-refractivity contribution in [3.63, 3.8) is 0 Å². The predicted molar refractivity (Wildman–Crippen MR) is 133 cm³/mol. The lowest BCUT2D eigenvalue weighted by molar-refractivity contribution is 0.361. The number of hydrogen-bond acceptors (Lipinski definition) is 7. The third kappa shape index (κ3) is 3.74. The van der Waals surface area contributed by atoms with Gasteiger partial charge in [0.2, 0.25) is 16.0 Å². The van der Waals surface area contributed by atoms with E-state index >= 15 is 0 Å². The molecule has 2 bridgehead atoms. The van der Waals surface area contributed by atoms with Gasteiger partial charge in [0.1, 0.15) is 17.5 Å². The Kier molecular flexibility index (Phi) is 4.99. The van der Waals surface area contributed by atoms with Gasteiger partial charge in [-0.25, -0.2) is 22.2 Å². The molecule has 3 aliphatic rings. The van der Waals surface area contributed by atoms with E-state index in [9.17, 15) is 17.2 Å². The molecule has 1 saturated carbocycles. The van der Waals surface area contributed by atoms with E-state index in [2.05, 4.69) is 15.5 Å². The number of nitrogens with one attached hydrogen (secondary N) is 2. The SMILES string of the molecule is O=S(=O)(c1c(F)cccc1F)N1CC2CC1CN2c1nc(Nc2cc(C3CC3)[nH]n2)c2ccccc2n1. The van der Waals surface area contributed by atoms with Crippen LogP contribution < -0.4 is 10.2 Å². The predicted octanol–water partition coefficient (Wildman–Crippen LogP) is 3.90. The van der Waals surface area contributed by atoms with Crippen LogP contribution in [0.3, 0.4) is 0 Å². The number of nitrogens with zero attached hydrogens (tertiary/aromatic N) is 5. The first kappa shape index (κ1) is 22.5. The van der Waals surface area contributed by atoms with Gasteiger partial charge in [-0.05, 0) is 43.5 Å². The summed E-state index contributed by atoms with van der Waals surface area (Å²) in [5, 5.41) is 11.6. The molecular formula is C25H23F2N7O2S. The average molecular weight is 524 g/mol. The lowest BCUT2D eigenvalue weighted by Gasteiger charge is -2.33. The minimum Gasteiger partial charge on any atom is -0.335 e. The molecule has 2 aliphatic heterocycles. The molecule has 2 aromatic heterocycles. The third-order valence-electron chi connectivity index (χ3n) is 7.39. The standard InChI is InChI=1S/C25H23F2N7O2S/c26-18-5-3-6-19(27)23(18)37(35,36)34-13-15-10-16(34)12-33(15)25-28-20-7-2-1-4-17(20)24(30-25)29-22-11-21(31-32-22)14-8-9-14/h1-7,11,14-16H,8-10,12-13H2,(H2,28,29,30,31,32). The van der Waals surface area contributed by atoms with Gasteiger partial charge in [0.25, 0.3) is 0 Å². The molecule has 2 unspecified atom stereocenters. The van der Waals surface area contributed by atoms with Crippen LogP contribution in [0, 0.1) is 11.6 Å². The van der Waals surface area contributed by atoms with Crippen molar-refractivity contribution in [2.75, 3.05) is 23.3 Å². The van der Waals surface area contributed by atoms with E-state index in [1.807, 2.05) is 35.2 Å². The summed E-state index contributed by atoms with van der Waals surface area (Å²) < 4.78 is 56.2. The number of fused-ring (bicyclic) bond motifs is 3. The van der Waals surface area contributed by atoms with Gasteiger partial charge >= 0.3 is 0 Å². The Balaban J connectivity index is 1.18. The summed E-state index contributed by atoms with van der Waals surface area (Å²) in [6, 6.07) is 12.1. The summed E-state index contributed by atoms with van der Waals surface area (Å²) >= 11 is 0. The highest BCUT2D eigenvalue weighted by atomic mass is 32.2. The Morgan fingerprint density at radius 2 is 1.76 bits per heavy atom. The van der Waals surface area contributed by atoms with Crippen LogP contribution >= 0.6 is 0 Å². The van der Waals surface area contributed by atoms with Crippen LogP contribution in [-0.2, 0) is 10.0 Å². The normalized spacial score (nSPS) is 21.7. The first-order valence-electron chi connectivity index (χ1n) is 12.2. The Bertz CT molecular complexity index is 1620. The quantitative estimate of drug-likeness (QED) is 0.395. The minimum absolute atomic E-state index is 0.101. The summed E-state index contributed by atoms with van der Waals surface area (Å²) in [6.45, 7) is 0.426. The van der Waals surface area contributed by atoms with E-state index in [4.69, 9.17) is 9.97 Å². The van der Waals surface area contributed by atoms with Gasteiger partial charge in [0.05, 0.1) is 5.52 Å². The molecule has 2 N–H and O–H groups in total. The number of sulfonamides is 1. The van der Waals surface area contributed by atoms with Crippen molar-refractivity contribution in [1.29, 1.82) is 0 Å². The van der Waals surface area contributed by atoms with Crippen LogP contribution in [0.2, 0.25) is 0 Å². The molecule has 1 aliphatic carbocycles. The second-order valence-electron chi connectivity index (χ2n) is 9.82. The van der Waals surface area contributed by atoms with Crippen LogP contribution in [-0.4, -0.2) is 58.1 Å². The number of halogens is 2. The third-order valence-corrected chi connectivity index (χ3v) is 9.36. The van der Waals surface area contributed by atoms with Crippen LogP contribution in [0.1, 0.15) is 30.9 Å². The summed E-state index contributed by atoms with van der Waals surface area (Å²) in [5.41, 5.74) is 1.85. The van der Waals surface area contributed by atoms with Crippen molar-refractivity contribution in [3.05, 3.63) is 65.9 Å². The minimum atomic E-state index is -4.33. The number of aromatic amines is 1. The van der Waals surface area contributed by atoms with Crippen molar-refractivity contribution >= 4 is 38.5 Å². The zero-order valence-electron chi connectivity index (χ0n) is 19.6. The van der Waals surface area contributed by atoms with Crippen molar-refractivity contribution in [3.8, 4) is 0 Å². The molecule has 4 heterocycles. The number of rotatable bonds is 6. The molecule has 37 heavy (non-hydrogen) atoms. The van der Waals surface area contributed by atoms with Crippen molar-refractivity contribution in [2.24, 2.45) is 0 Å². The lowest BCUT2D eigenvalue weighted by Crippen LogP contribution is -2.49. The van der Waals surface area contributed by atoms with Gasteiger partial charge < -0.3 is 10.2 Å². The number of anilines is 3. The molecule has 2 saturated heterocycles. The highest BCUT2D eigenvalue weighted by Gasteiger charge is 2.50. The zero-order chi connectivity index (χ0) is 25.3. The van der Waals surface area contributed by atoms with Crippen molar-refractivity contribution < 1.29 is 17.2 Å². The highest BCUT2D eigenvalue weighted by Crippen LogP contribution is 2.41. The Hall–Kier alpha value is -3.64. The molecule has 0 radical (unpaired) electrons. The van der Waals surface area contributed by atoms with E-state index in [1.54, 1.807) is 0 Å². The van der Waals surface area contributed by atoms with E-state index in [-0.39, 0.29) is 12.6 Å². The summed E-state index contributed by atoms with van der Waals surface area (Å²) in [6.07, 6.45) is 2.85. The summed E-state index contributed by atoms with van der Waals surface area (Å²) in [7, 11) is -4.33. The van der Waals surface area contributed by atoms with Gasteiger partial charge in [0, 0.05) is 48.2 Å². The summed E-state index contributed by atoms with van der Waals surface area (Å²) in [5.74, 6) is 0.116. The molecule has 12 heteroatoms. The molecule has 7 rings (SSSR count). The maximum atomic E-state index is 14.3. The zero-order valence-corrected chi connectivity index (χ0v) is 20.4. The van der Waals surface area contributed by atoms with Crippen LogP contribution in [0.4, 0.5) is 26.4 Å². The highest BCUT2D eigenvalue weighted by molar-refractivity contribution is 7.89. The first-order valence-corrected chi connectivity index (χ1v) is 13.6. The molecule has 2 aromatic carbocycles. The van der Waals surface area contributed by atoms with Crippen LogP contribution in [0.15, 0.2) is 53.4 Å². The fourth-order valence-electron chi connectivity index (χ4n) is 5.43. The lowest BCUT2D eigenvalue weighted by atomic mass is 10.2. The van der Waals surface area contributed by atoms with Crippen molar-refractivity contribution in [1.82, 2.24) is 24.5 Å². The largest absolute Gasteiger partial charge is 0.335 e. The van der Waals surface area contributed by atoms with Crippen molar-refractivity contribution in [2.45, 2.75) is 42.2 Å². The number of piperazine rings is 1. The molecule has 3 fully saturated rings. The van der Waals surface area contributed by atoms with Gasteiger partial charge in [-0.3, -0.25) is 5.10 Å².